The lowest BCUT2D eigenvalue weighted by molar-refractivity contribution is 0.164. The molecule has 0 aliphatic rings. The number of amides is 1. The van der Waals surface area contributed by atoms with Crippen LogP contribution in [0.2, 0.25) is 0 Å². The Balaban J connectivity index is 3.39. The molecule has 1 amide bonds. The van der Waals surface area contributed by atoms with Gasteiger partial charge in [0.15, 0.2) is 0 Å². The van der Waals surface area contributed by atoms with E-state index in [-0.39, 0.29) is 12.5 Å². The summed E-state index contributed by atoms with van der Waals surface area (Å²) < 4.78 is 4.23. The van der Waals surface area contributed by atoms with Gasteiger partial charge < -0.3 is 4.74 Å². The molecule has 0 aromatic carbocycles. The van der Waals surface area contributed by atoms with E-state index in [0.717, 1.165) is 6.08 Å². The van der Waals surface area contributed by atoms with Crippen LogP contribution >= 0.6 is 11.6 Å². The van der Waals surface area contributed by atoms with E-state index < -0.39 is 6.09 Å². The molecule has 0 rings (SSSR count). The van der Waals surface area contributed by atoms with Gasteiger partial charge in [0.2, 0.25) is 6.08 Å². The summed E-state index contributed by atoms with van der Waals surface area (Å²) in [5, 5.41) is 0. The van der Waals surface area contributed by atoms with Crippen LogP contribution in [0.3, 0.4) is 0 Å². The highest BCUT2D eigenvalue weighted by atomic mass is 35.5. The van der Waals surface area contributed by atoms with Gasteiger partial charge in [0.05, 0.1) is 5.88 Å². The Hall–Kier alpha value is -0.860. The van der Waals surface area contributed by atoms with Crippen LogP contribution in [0.15, 0.2) is 4.99 Å². The lowest BCUT2D eigenvalue weighted by Crippen LogP contribution is -2.00. The Kier molecular flexibility index (Phi) is 4.78. The molecule has 0 fully saturated rings. The highest BCUT2D eigenvalue weighted by Crippen LogP contribution is 1.82. The van der Waals surface area contributed by atoms with E-state index in [1.807, 2.05) is 0 Å². The highest BCUT2D eigenvalue weighted by molar-refractivity contribution is 6.18. The van der Waals surface area contributed by atoms with Crippen LogP contribution in [-0.4, -0.2) is 24.7 Å². The Morgan fingerprint density at radius 2 is 2.44 bits per heavy atom. The molecule has 4 nitrogen and oxygen atoms in total. The Labute approximate surface area is 56.5 Å². The van der Waals surface area contributed by atoms with E-state index >= 15 is 0 Å². The third-order valence-corrected chi connectivity index (χ3v) is 0.594. The number of rotatable bonds is 2. The van der Waals surface area contributed by atoms with Crippen LogP contribution in [0.1, 0.15) is 0 Å². The standard InChI is InChI=1S/C4H4ClNO3/c5-1-2-9-4(8)6-3-7/h1-2H2. The first-order valence-electron chi connectivity index (χ1n) is 2.12. The predicted molar refractivity (Wildman–Crippen MR) is 30.2 cm³/mol. The molecule has 0 aromatic heterocycles. The molecule has 0 heterocycles. The van der Waals surface area contributed by atoms with Crippen molar-refractivity contribution in [1.82, 2.24) is 0 Å². The average molecular weight is 150 g/mol. The van der Waals surface area contributed by atoms with Gasteiger partial charge in [-0.25, -0.2) is 9.59 Å². The first-order valence-corrected chi connectivity index (χ1v) is 2.65. The van der Waals surface area contributed by atoms with Crippen LogP contribution in [0.4, 0.5) is 4.79 Å². The van der Waals surface area contributed by atoms with E-state index in [1.54, 1.807) is 0 Å². The number of nitrogens with zero attached hydrogens (tertiary/aromatic N) is 1. The van der Waals surface area contributed by atoms with Gasteiger partial charge >= 0.3 is 6.09 Å². The molecule has 0 saturated carbocycles. The fourth-order valence-electron chi connectivity index (χ4n) is 0.195. The first-order chi connectivity index (χ1) is 4.31. The number of alkyl halides is 1. The van der Waals surface area contributed by atoms with Crippen LogP contribution in [0, 0.1) is 0 Å². The third kappa shape index (κ3) is 5.00. The highest BCUT2D eigenvalue weighted by Gasteiger charge is 1.94. The van der Waals surface area contributed by atoms with Crippen molar-refractivity contribution in [1.29, 1.82) is 0 Å². The molecule has 0 bridgehead atoms. The van der Waals surface area contributed by atoms with E-state index in [2.05, 4.69) is 9.73 Å². The quantitative estimate of drug-likeness (QED) is 0.330. The molecule has 0 spiro atoms. The summed E-state index contributed by atoms with van der Waals surface area (Å²) in [6, 6.07) is 0. The largest absolute Gasteiger partial charge is 0.446 e. The summed E-state index contributed by atoms with van der Waals surface area (Å²) in [5.74, 6) is 0.195. The van der Waals surface area contributed by atoms with E-state index in [0.29, 0.717) is 0 Å². The zero-order chi connectivity index (χ0) is 7.11. The van der Waals surface area contributed by atoms with Gasteiger partial charge in [0, 0.05) is 0 Å². The third-order valence-electron chi connectivity index (χ3n) is 0.440. The molecule has 0 saturated heterocycles. The number of hydrogen-bond acceptors (Lipinski definition) is 3. The minimum Gasteiger partial charge on any atom is -0.446 e. The number of halogens is 1. The molecule has 9 heavy (non-hydrogen) atoms. The van der Waals surface area contributed by atoms with Gasteiger partial charge in [-0.05, 0) is 0 Å². The Morgan fingerprint density at radius 1 is 1.78 bits per heavy atom. The maximum absolute atomic E-state index is 10.1. The number of isocyanates is 1. The second-order valence-electron chi connectivity index (χ2n) is 1.01. The van der Waals surface area contributed by atoms with Crippen molar-refractivity contribution in [2.24, 2.45) is 4.99 Å². The molecule has 0 aromatic rings. The summed E-state index contributed by atoms with van der Waals surface area (Å²) in [7, 11) is 0. The van der Waals surface area contributed by atoms with E-state index in [1.165, 1.54) is 0 Å². The van der Waals surface area contributed by atoms with Crippen molar-refractivity contribution in [3.8, 4) is 0 Å². The fourth-order valence-corrected chi connectivity index (χ4v) is 0.273. The minimum absolute atomic E-state index is 0.0611. The molecule has 0 aliphatic heterocycles. The number of carbonyl (C=O) groups excluding carboxylic acids is 2. The maximum Gasteiger partial charge on any atom is 0.444 e. The van der Waals surface area contributed by atoms with Crippen molar-refractivity contribution in [3.05, 3.63) is 0 Å². The van der Waals surface area contributed by atoms with Crippen molar-refractivity contribution >= 4 is 23.8 Å². The molecule has 0 aliphatic carbocycles. The van der Waals surface area contributed by atoms with Gasteiger partial charge in [-0.3, -0.25) is 0 Å². The molecule has 0 N–H and O–H groups in total. The summed E-state index contributed by atoms with van der Waals surface area (Å²) in [4.78, 5) is 22.1. The topological polar surface area (TPSA) is 55.7 Å². The van der Waals surface area contributed by atoms with E-state index in [4.69, 9.17) is 11.6 Å². The van der Waals surface area contributed by atoms with Gasteiger partial charge in [-0.15, -0.1) is 11.6 Å². The Bertz CT molecular complexity index is 141. The molecular formula is C4H4ClNO3. The van der Waals surface area contributed by atoms with Gasteiger partial charge in [0.1, 0.15) is 6.61 Å². The normalized spacial score (nSPS) is 7.67. The molecule has 0 radical (unpaired) electrons. The average Bonchev–Trinajstić information content (AvgIpc) is 1.85. The minimum atomic E-state index is -0.953. The van der Waals surface area contributed by atoms with Crippen molar-refractivity contribution in [2.75, 3.05) is 12.5 Å². The van der Waals surface area contributed by atoms with Crippen molar-refractivity contribution < 1.29 is 14.3 Å². The molecular weight excluding hydrogens is 146 g/mol. The number of aliphatic imine (C=N–C) groups is 1. The van der Waals surface area contributed by atoms with Gasteiger partial charge in [0.25, 0.3) is 0 Å². The zero-order valence-corrected chi connectivity index (χ0v) is 5.22. The number of carbonyl (C=O) groups is 1. The van der Waals surface area contributed by atoms with Crippen molar-refractivity contribution in [2.45, 2.75) is 0 Å². The fraction of sp³-hybridized carbons (Fsp3) is 0.500. The summed E-state index contributed by atoms with van der Waals surface area (Å²) in [6.07, 6.45) is 0.0806. The van der Waals surface area contributed by atoms with Gasteiger partial charge in [-0.2, -0.15) is 0 Å². The van der Waals surface area contributed by atoms with Crippen molar-refractivity contribution in [3.63, 3.8) is 0 Å². The van der Waals surface area contributed by atoms with Crippen LogP contribution in [0.25, 0.3) is 0 Å². The lowest BCUT2D eigenvalue weighted by atomic mass is 10.8. The van der Waals surface area contributed by atoms with Crippen LogP contribution in [0.5, 0.6) is 0 Å². The summed E-state index contributed by atoms with van der Waals surface area (Å²) >= 11 is 5.13. The molecule has 5 heteroatoms. The predicted octanol–water partition coefficient (Wildman–Crippen LogP) is 0.698. The summed E-state index contributed by atoms with van der Waals surface area (Å²) in [6.45, 7) is 0.0611. The molecule has 50 valence electrons. The zero-order valence-electron chi connectivity index (χ0n) is 4.46. The summed E-state index contributed by atoms with van der Waals surface area (Å²) in [5.41, 5.74) is 0. The van der Waals surface area contributed by atoms with Crippen LogP contribution < -0.4 is 0 Å². The SMILES string of the molecule is O=C=NC(=O)OCCCl. The first kappa shape index (κ1) is 8.14. The Morgan fingerprint density at radius 3 is 2.89 bits per heavy atom. The maximum atomic E-state index is 10.1. The van der Waals surface area contributed by atoms with E-state index in [9.17, 15) is 9.59 Å². The number of hydrogen-bond donors (Lipinski definition) is 0. The smallest absolute Gasteiger partial charge is 0.444 e. The lowest BCUT2D eigenvalue weighted by Gasteiger charge is -1.91. The number of ether oxygens (including phenoxy) is 1. The van der Waals surface area contributed by atoms with Crippen LogP contribution in [-0.2, 0) is 9.53 Å². The molecule has 0 atom stereocenters. The monoisotopic (exact) mass is 149 g/mol. The molecule has 0 unspecified atom stereocenters. The van der Waals surface area contributed by atoms with Gasteiger partial charge in [-0.1, -0.05) is 4.99 Å². The second-order valence-corrected chi connectivity index (χ2v) is 1.38. The second kappa shape index (κ2) is 5.28.